The molecule has 1 saturated heterocycles. The van der Waals surface area contributed by atoms with Crippen LogP contribution in [0.25, 0.3) is 0 Å². The molecular formula is C13H17FN2O3S. The number of nitrogens with zero attached hydrogens (tertiary/aromatic N) is 1. The Bertz CT molecular complexity index is 627. The number of hydrogen-bond acceptors (Lipinski definition) is 4. The molecule has 0 spiro atoms. The molecule has 2 aliphatic rings. The van der Waals surface area contributed by atoms with Crippen LogP contribution in [-0.4, -0.2) is 32.4 Å². The minimum atomic E-state index is -3.64. The highest BCUT2D eigenvalue weighted by atomic mass is 32.2. The summed E-state index contributed by atoms with van der Waals surface area (Å²) < 4.78 is 45.6. The monoisotopic (exact) mass is 300 g/mol. The van der Waals surface area contributed by atoms with E-state index < -0.39 is 15.8 Å². The van der Waals surface area contributed by atoms with E-state index in [9.17, 15) is 12.8 Å². The van der Waals surface area contributed by atoms with Gasteiger partial charge in [0, 0.05) is 31.1 Å². The van der Waals surface area contributed by atoms with Crippen LogP contribution in [0.15, 0.2) is 17.0 Å². The van der Waals surface area contributed by atoms with E-state index in [2.05, 4.69) is 0 Å². The van der Waals surface area contributed by atoms with Crippen molar-refractivity contribution in [3.05, 3.63) is 23.5 Å². The van der Waals surface area contributed by atoms with Gasteiger partial charge in [0.05, 0.1) is 11.5 Å². The molecule has 3 rings (SSSR count). The second kappa shape index (κ2) is 4.98. The predicted molar refractivity (Wildman–Crippen MR) is 71.4 cm³/mol. The largest absolute Gasteiger partial charge is 0.490 e. The first kappa shape index (κ1) is 13.8. The van der Waals surface area contributed by atoms with Crippen molar-refractivity contribution in [3.63, 3.8) is 0 Å². The normalized spacial score (nSPS) is 23.4. The van der Waals surface area contributed by atoms with E-state index >= 15 is 0 Å². The number of benzene rings is 1. The Kier molecular flexibility index (Phi) is 3.43. The number of rotatable bonds is 2. The minimum absolute atomic E-state index is 0.0309. The van der Waals surface area contributed by atoms with Crippen LogP contribution >= 0.6 is 0 Å². The van der Waals surface area contributed by atoms with Crippen molar-refractivity contribution < 1.29 is 17.5 Å². The van der Waals surface area contributed by atoms with E-state index in [1.165, 1.54) is 10.4 Å². The third kappa shape index (κ3) is 2.19. The van der Waals surface area contributed by atoms with E-state index in [0.29, 0.717) is 31.7 Å². The lowest BCUT2D eigenvalue weighted by Crippen LogP contribution is -2.29. The smallest absolute Gasteiger partial charge is 0.243 e. The summed E-state index contributed by atoms with van der Waals surface area (Å²) in [7, 11) is -3.64. The summed E-state index contributed by atoms with van der Waals surface area (Å²) in [4.78, 5) is -0.0309. The molecule has 0 bridgehead atoms. The highest BCUT2D eigenvalue weighted by Gasteiger charge is 2.31. The molecule has 0 saturated carbocycles. The second-order valence-electron chi connectivity index (χ2n) is 5.18. The summed E-state index contributed by atoms with van der Waals surface area (Å²) >= 11 is 0. The second-order valence-corrected chi connectivity index (χ2v) is 7.12. The fourth-order valence-corrected chi connectivity index (χ4v) is 4.25. The van der Waals surface area contributed by atoms with Crippen LogP contribution in [0.1, 0.15) is 30.9 Å². The zero-order valence-corrected chi connectivity index (χ0v) is 11.8. The number of sulfonamides is 1. The molecule has 5 nitrogen and oxygen atoms in total. The van der Waals surface area contributed by atoms with Crippen LogP contribution < -0.4 is 10.5 Å². The van der Waals surface area contributed by atoms with Crippen LogP contribution in [0.5, 0.6) is 5.75 Å². The number of halogens is 1. The van der Waals surface area contributed by atoms with Crippen LogP contribution in [0.3, 0.4) is 0 Å². The lowest BCUT2D eigenvalue weighted by atomic mass is 10.0. The molecule has 0 radical (unpaired) electrons. The van der Waals surface area contributed by atoms with Gasteiger partial charge in [0.25, 0.3) is 0 Å². The first-order valence-corrected chi connectivity index (χ1v) is 8.16. The molecule has 1 aromatic carbocycles. The van der Waals surface area contributed by atoms with Gasteiger partial charge in [-0.05, 0) is 25.0 Å². The van der Waals surface area contributed by atoms with E-state index in [-0.39, 0.29) is 16.7 Å². The first-order chi connectivity index (χ1) is 9.50. The van der Waals surface area contributed by atoms with Crippen LogP contribution in [0.4, 0.5) is 4.39 Å². The van der Waals surface area contributed by atoms with Crippen LogP contribution in [0, 0.1) is 5.82 Å². The Morgan fingerprint density at radius 1 is 1.30 bits per heavy atom. The lowest BCUT2D eigenvalue weighted by molar-refractivity contribution is 0.254. The van der Waals surface area contributed by atoms with Crippen LogP contribution in [-0.2, 0) is 10.0 Å². The highest BCUT2D eigenvalue weighted by molar-refractivity contribution is 7.89. The fourth-order valence-electron chi connectivity index (χ4n) is 2.69. The number of nitrogens with two attached hydrogens (primary N) is 1. The molecule has 20 heavy (non-hydrogen) atoms. The SMILES string of the molecule is NC1CCOc2c(F)cc(S(=O)(=O)N3CCCC3)cc21. The Hall–Kier alpha value is -1.18. The molecule has 1 fully saturated rings. The summed E-state index contributed by atoms with van der Waals surface area (Å²) in [6.07, 6.45) is 2.24. The van der Waals surface area contributed by atoms with Gasteiger partial charge in [0.15, 0.2) is 11.6 Å². The molecule has 0 aromatic heterocycles. The van der Waals surface area contributed by atoms with Crippen molar-refractivity contribution in [2.45, 2.75) is 30.2 Å². The lowest BCUT2D eigenvalue weighted by Gasteiger charge is -2.25. The molecule has 1 unspecified atom stereocenters. The van der Waals surface area contributed by atoms with E-state index in [4.69, 9.17) is 10.5 Å². The Labute approximate surface area is 117 Å². The van der Waals surface area contributed by atoms with Gasteiger partial charge in [-0.15, -0.1) is 0 Å². The highest BCUT2D eigenvalue weighted by Crippen LogP contribution is 2.36. The molecule has 2 aliphatic heterocycles. The Morgan fingerprint density at radius 3 is 2.70 bits per heavy atom. The minimum Gasteiger partial charge on any atom is -0.490 e. The molecule has 1 aromatic rings. The van der Waals surface area contributed by atoms with Gasteiger partial charge in [-0.1, -0.05) is 0 Å². The third-order valence-corrected chi connectivity index (χ3v) is 5.70. The molecule has 0 aliphatic carbocycles. The number of fused-ring (bicyclic) bond motifs is 1. The molecule has 2 heterocycles. The first-order valence-electron chi connectivity index (χ1n) is 6.72. The average molecular weight is 300 g/mol. The number of hydrogen-bond donors (Lipinski definition) is 1. The molecule has 1 atom stereocenters. The Morgan fingerprint density at radius 2 is 2.00 bits per heavy atom. The Balaban J connectivity index is 2.07. The fraction of sp³-hybridized carbons (Fsp3) is 0.538. The van der Waals surface area contributed by atoms with Crippen molar-refractivity contribution >= 4 is 10.0 Å². The third-order valence-electron chi connectivity index (χ3n) is 3.82. The van der Waals surface area contributed by atoms with E-state index in [0.717, 1.165) is 18.9 Å². The van der Waals surface area contributed by atoms with Crippen molar-refractivity contribution in [3.8, 4) is 5.75 Å². The molecule has 110 valence electrons. The topological polar surface area (TPSA) is 72.6 Å². The molecular weight excluding hydrogens is 283 g/mol. The van der Waals surface area contributed by atoms with Crippen molar-refractivity contribution in [2.24, 2.45) is 5.73 Å². The van der Waals surface area contributed by atoms with Gasteiger partial charge in [-0.2, -0.15) is 4.31 Å². The maximum absolute atomic E-state index is 14.1. The zero-order valence-electron chi connectivity index (χ0n) is 11.0. The summed E-state index contributed by atoms with van der Waals surface area (Å²) in [5, 5.41) is 0. The van der Waals surface area contributed by atoms with Crippen molar-refractivity contribution in [2.75, 3.05) is 19.7 Å². The van der Waals surface area contributed by atoms with E-state index in [1.807, 2.05) is 0 Å². The summed E-state index contributed by atoms with van der Waals surface area (Å²) in [5.74, 6) is -0.570. The van der Waals surface area contributed by atoms with Gasteiger partial charge in [-0.3, -0.25) is 0 Å². The molecule has 7 heteroatoms. The summed E-state index contributed by atoms with van der Waals surface area (Å²) in [6.45, 7) is 1.33. The van der Waals surface area contributed by atoms with Gasteiger partial charge >= 0.3 is 0 Å². The van der Waals surface area contributed by atoms with Crippen molar-refractivity contribution in [1.29, 1.82) is 0 Å². The maximum Gasteiger partial charge on any atom is 0.243 e. The van der Waals surface area contributed by atoms with Gasteiger partial charge in [0.1, 0.15) is 0 Å². The van der Waals surface area contributed by atoms with E-state index in [1.54, 1.807) is 0 Å². The van der Waals surface area contributed by atoms with Crippen molar-refractivity contribution in [1.82, 2.24) is 4.31 Å². The summed E-state index contributed by atoms with van der Waals surface area (Å²) in [5.41, 5.74) is 6.36. The quantitative estimate of drug-likeness (QED) is 0.896. The number of ether oxygens (including phenoxy) is 1. The maximum atomic E-state index is 14.1. The summed E-state index contributed by atoms with van der Waals surface area (Å²) in [6, 6.07) is 2.10. The average Bonchev–Trinajstić information content (AvgIpc) is 2.94. The predicted octanol–water partition coefficient (Wildman–Crippen LogP) is 1.39. The molecule has 0 amide bonds. The van der Waals surface area contributed by atoms with Gasteiger partial charge in [0.2, 0.25) is 10.0 Å². The van der Waals surface area contributed by atoms with Crippen LogP contribution in [0.2, 0.25) is 0 Å². The standard InChI is InChI=1S/C13H17FN2O3S/c14-11-8-9(20(17,18)16-4-1-2-5-16)7-10-12(15)3-6-19-13(10)11/h7-8,12H,1-6,15H2. The zero-order chi connectivity index (χ0) is 14.3. The van der Waals surface area contributed by atoms with Gasteiger partial charge in [-0.25, -0.2) is 12.8 Å². The van der Waals surface area contributed by atoms with Gasteiger partial charge < -0.3 is 10.5 Å². The molecule has 2 N–H and O–H groups in total.